The van der Waals surface area contributed by atoms with Gasteiger partial charge >= 0.3 is 0 Å². The fourth-order valence-electron chi connectivity index (χ4n) is 1.59. The summed E-state index contributed by atoms with van der Waals surface area (Å²) in [5, 5.41) is 10.0. The van der Waals surface area contributed by atoms with Crippen LogP contribution in [0.4, 0.5) is 0 Å². The maximum atomic E-state index is 9.35. The number of hydrogen-bond acceptors (Lipinski definition) is 2. The van der Waals surface area contributed by atoms with Crippen LogP contribution in [0.1, 0.15) is 25.0 Å². The van der Waals surface area contributed by atoms with E-state index in [1.165, 1.54) is 0 Å². The van der Waals surface area contributed by atoms with Crippen LogP contribution in [-0.2, 0) is 5.41 Å². The van der Waals surface area contributed by atoms with Gasteiger partial charge in [0.1, 0.15) is 5.75 Å². The van der Waals surface area contributed by atoms with Gasteiger partial charge in [-0.05, 0) is 24.6 Å². The summed E-state index contributed by atoms with van der Waals surface area (Å²) in [6.07, 6.45) is 0. The van der Waals surface area contributed by atoms with Gasteiger partial charge in [-0.3, -0.25) is 0 Å². The summed E-state index contributed by atoms with van der Waals surface area (Å²) in [5.41, 5.74) is 1.58. The zero-order chi connectivity index (χ0) is 11.6. The molecule has 0 atom stereocenters. The molecule has 0 spiro atoms. The lowest BCUT2D eigenvalue weighted by Crippen LogP contribution is -2.23. The SMILES string of the molecule is COc1c(C)cc(Cl)cc1C(C)(C)CO. The molecule has 84 valence electrons. The monoisotopic (exact) mass is 228 g/mol. The Morgan fingerprint density at radius 1 is 1.40 bits per heavy atom. The lowest BCUT2D eigenvalue weighted by molar-refractivity contribution is 0.214. The molecular formula is C12H17ClO2. The van der Waals surface area contributed by atoms with Crippen molar-refractivity contribution in [3.8, 4) is 5.75 Å². The number of aryl methyl sites for hydroxylation is 1. The lowest BCUT2D eigenvalue weighted by atomic mass is 9.84. The second-order valence-corrected chi connectivity index (χ2v) is 4.78. The summed E-state index contributed by atoms with van der Waals surface area (Å²) in [6, 6.07) is 3.71. The van der Waals surface area contributed by atoms with Gasteiger partial charge in [-0.2, -0.15) is 0 Å². The standard InChI is InChI=1S/C12H17ClO2/c1-8-5-9(13)6-10(11(8)15-4)12(2,3)7-14/h5-6,14H,7H2,1-4H3. The highest BCUT2D eigenvalue weighted by molar-refractivity contribution is 6.30. The van der Waals surface area contributed by atoms with Crippen molar-refractivity contribution in [2.45, 2.75) is 26.2 Å². The zero-order valence-electron chi connectivity index (χ0n) is 9.60. The Balaban J connectivity index is 3.39. The molecule has 1 aromatic carbocycles. The van der Waals surface area contributed by atoms with Crippen molar-refractivity contribution < 1.29 is 9.84 Å². The van der Waals surface area contributed by atoms with Gasteiger partial charge in [0.2, 0.25) is 0 Å². The van der Waals surface area contributed by atoms with Crippen molar-refractivity contribution in [2.75, 3.05) is 13.7 Å². The third-order valence-corrected chi connectivity index (χ3v) is 2.79. The molecule has 0 aliphatic heterocycles. The predicted molar refractivity (Wildman–Crippen MR) is 62.9 cm³/mol. The first-order chi connectivity index (χ1) is 6.92. The highest BCUT2D eigenvalue weighted by Gasteiger charge is 2.25. The lowest BCUT2D eigenvalue weighted by Gasteiger charge is -2.25. The van der Waals surface area contributed by atoms with Gasteiger partial charge in [-0.15, -0.1) is 0 Å². The number of aliphatic hydroxyl groups is 1. The topological polar surface area (TPSA) is 29.5 Å². The Morgan fingerprint density at radius 3 is 2.47 bits per heavy atom. The molecule has 1 aromatic rings. The van der Waals surface area contributed by atoms with E-state index in [2.05, 4.69) is 0 Å². The van der Waals surface area contributed by atoms with E-state index in [1.807, 2.05) is 32.9 Å². The molecule has 15 heavy (non-hydrogen) atoms. The molecule has 0 radical (unpaired) electrons. The summed E-state index contributed by atoms with van der Waals surface area (Å²) in [4.78, 5) is 0. The van der Waals surface area contributed by atoms with Crippen molar-refractivity contribution in [3.05, 3.63) is 28.3 Å². The van der Waals surface area contributed by atoms with Crippen LogP contribution in [0.3, 0.4) is 0 Å². The number of benzene rings is 1. The third kappa shape index (κ3) is 2.44. The number of halogens is 1. The summed E-state index contributed by atoms with van der Waals surface area (Å²) in [7, 11) is 1.63. The predicted octanol–water partition coefficient (Wildman–Crippen LogP) is 2.93. The van der Waals surface area contributed by atoms with Gasteiger partial charge in [0.25, 0.3) is 0 Å². The second kappa shape index (κ2) is 4.42. The van der Waals surface area contributed by atoms with Crippen molar-refractivity contribution >= 4 is 11.6 Å². The maximum absolute atomic E-state index is 9.35. The molecule has 0 saturated heterocycles. The number of hydrogen-bond donors (Lipinski definition) is 1. The smallest absolute Gasteiger partial charge is 0.125 e. The third-order valence-electron chi connectivity index (χ3n) is 2.57. The molecule has 1 rings (SSSR count). The first-order valence-corrected chi connectivity index (χ1v) is 5.25. The Morgan fingerprint density at radius 2 is 2.00 bits per heavy atom. The van der Waals surface area contributed by atoms with Crippen molar-refractivity contribution in [1.82, 2.24) is 0 Å². The van der Waals surface area contributed by atoms with E-state index in [0.29, 0.717) is 5.02 Å². The summed E-state index contributed by atoms with van der Waals surface area (Å²) in [5.74, 6) is 0.804. The van der Waals surface area contributed by atoms with Gasteiger partial charge in [0.15, 0.2) is 0 Å². The Bertz CT molecular complexity index is 359. The van der Waals surface area contributed by atoms with Crippen molar-refractivity contribution in [3.63, 3.8) is 0 Å². The van der Waals surface area contributed by atoms with Crippen LogP contribution in [0.15, 0.2) is 12.1 Å². The molecular weight excluding hydrogens is 212 g/mol. The van der Waals surface area contributed by atoms with E-state index in [0.717, 1.165) is 16.9 Å². The maximum Gasteiger partial charge on any atom is 0.125 e. The van der Waals surface area contributed by atoms with E-state index in [-0.39, 0.29) is 12.0 Å². The highest BCUT2D eigenvalue weighted by atomic mass is 35.5. The molecule has 3 heteroatoms. The zero-order valence-corrected chi connectivity index (χ0v) is 10.4. The molecule has 0 saturated carbocycles. The van der Waals surface area contributed by atoms with E-state index >= 15 is 0 Å². The summed E-state index contributed by atoms with van der Waals surface area (Å²) in [6.45, 7) is 5.92. The Kier molecular flexibility index (Phi) is 3.63. The van der Waals surface area contributed by atoms with Crippen LogP contribution in [0.2, 0.25) is 5.02 Å². The Hall–Kier alpha value is -0.730. The number of methoxy groups -OCH3 is 1. The fourth-order valence-corrected chi connectivity index (χ4v) is 1.86. The van der Waals surface area contributed by atoms with Gasteiger partial charge < -0.3 is 9.84 Å². The van der Waals surface area contributed by atoms with Crippen LogP contribution in [0.25, 0.3) is 0 Å². The van der Waals surface area contributed by atoms with Gasteiger partial charge in [-0.25, -0.2) is 0 Å². The summed E-state index contributed by atoms with van der Waals surface area (Å²) >= 11 is 6.00. The van der Waals surface area contributed by atoms with E-state index in [9.17, 15) is 5.11 Å². The van der Waals surface area contributed by atoms with Crippen LogP contribution >= 0.6 is 11.6 Å². The molecule has 0 unspecified atom stereocenters. The van der Waals surface area contributed by atoms with E-state index in [4.69, 9.17) is 16.3 Å². The van der Waals surface area contributed by atoms with Gasteiger partial charge in [0, 0.05) is 16.0 Å². The second-order valence-electron chi connectivity index (χ2n) is 4.35. The van der Waals surface area contributed by atoms with Crippen LogP contribution in [0.5, 0.6) is 5.75 Å². The first-order valence-electron chi connectivity index (χ1n) is 4.88. The van der Waals surface area contributed by atoms with Crippen molar-refractivity contribution in [2.24, 2.45) is 0 Å². The minimum atomic E-state index is -0.346. The van der Waals surface area contributed by atoms with E-state index < -0.39 is 0 Å². The molecule has 2 nitrogen and oxygen atoms in total. The molecule has 0 heterocycles. The minimum Gasteiger partial charge on any atom is -0.496 e. The largest absolute Gasteiger partial charge is 0.496 e. The average molecular weight is 229 g/mol. The van der Waals surface area contributed by atoms with E-state index in [1.54, 1.807) is 7.11 Å². The minimum absolute atomic E-state index is 0.0587. The fraction of sp³-hybridized carbons (Fsp3) is 0.500. The normalized spacial score (nSPS) is 11.6. The molecule has 0 aliphatic carbocycles. The number of rotatable bonds is 3. The molecule has 0 aliphatic rings. The van der Waals surface area contributed by atoms with Crippen LogP contribution < -0.4 is 4.74 Å². The quantitative estimate of drug-likeness (QED) is 0.862. The van der Waals surface area contributed by atoms with Gasteiger partial charge in [0.05, 0.1) is 13.7 Å². The molecule has 0 amide bonds. The molecule has 0 aromatic heterocycles. The molecule has 0 fully saturated rings. The summed E-state index contributed by atoms with van der Waals surface area (Å²) < 4.78 is 5.35. The Labute approximate surface area is 95.8 Å². The molecule has 1 N–H and O–H groups in total. The number of ether oxygens (including phenoxy) is 1. The average Bonchev–Trinajstić information content (AvgIpc) is 2.16. The highest BCUT2D eigenvalue weighted by Crippen LogP contribution is 2.36. The van der Waals surface area contributed by atoms with Gasteiger partial charge in [-0.1, -0.05) is 25.4 Å². The van der Waals surface area contributed by atoms with Crippen molar-refractivity contribution in [1.29, 1.82) is 0 Å². The number of aliphatic hydroxyl groups excluding tert-OH is 1. The van der Waals surface area contributed by atoms with Crippen LogP contribution in [-0.4, -0.2) is 18.8 Å². The molecule has 0 bridgehead atoms. The van der Waals surface area contributed by atoms with Crippen LogP contribution in [0, 0.1) is 6.92 Å². The first kappa shape index (κ1) is 12.3.